The number of carbonyl (C=O) groups is 4. The Labute approximate surface area is 196 Å². The van der Waals surface area contributed by atoms with Gasteiger partial charge in [0, 0.05) is 11.5 Å². The Morgan fingerprint density at radius 1 is 0.909 bits per heavy atom. The first-order chi connectivity index (χ1) is 15.9. The second-order valence-corrected chi connectivity index (χ2v) is 8.04. The van der Waals surface area contributed by atoms with Crippen LogP contribution in [0, 0.1) is 0 Å². The molecule has 0 unspecified atom stereocenters. The number of amides is 3. The van der Waals surface area contributed by atoms with Gasteiger partial charge >= 0.3 is 12.1 Å². The minimum atomic E-state index is -1.31. The lowest BCUT2D eigenvalue weighted by Gasteiger charge is -2.21. The number of thioether (sulfide) groups is 1. The summed E-state index contributed by atoms with van der Waals surface area (Å²) in [5.41, 5.74) is 7.04. The van der Waals surface area contributed by atoms with Gasteiger partial charge in [-0.25, -0.2) is 9.59 Å². The summed E-state index contributed by atoms with van der Waals surface area (Å²) >= 11 is 1.43. The Morgan fingerprint density at radius 2 is 1.52 bits per heavy atom. The van der Waals surface area contributed by atoms with E-state index >= 15 is 0 Å². The van der Waals surface area contributed by atoms with Crippen LogP contribution in [-0.4, -0.2) is 48.8 Å². The molecule has 0 aliphatic rings. The van der Waals surface area contributed by atoms with Crippen molar-refractivity contribution in [1.29, 1.82) is 0 Å². The van der Waals surface area contributed by atoms with Crippen LogP contribution in [0.5, 0.6) is 0 Å². The van der Waals surface area contributed by atoms with E-state index in [-0.39, 0.29) is 12.4 Å². The number of carbonyl (C=O) groups excluding carboxylic acids is 4. The number of primary amides is 1. The lowest BCUT2D eigenvalue weighted by Crippen LogP contribution is -2.53. The average molecular weight is 474 g/mol. The highest BCUT2D eigenvalue weighted by Crippen LogP contribution is 2.13. The molecular weight excluding hydrogens is 446 g/mol. The molecular formula is C23H27N3O6S. The highest BCUT2D eigenvalue weighted by Gasteiger charge is 2.29. The van der Waals surface area contributed by atoms with Crippen molar-refractivity contribution < 1.29 is 28.7 Å². The molecule has 176 valence electrons. The van der Waals surface area contributed by atoms with Crippen molar-refractivity contribution in [2.24, 2.45) is 5.73 Å². The van der Waals surface area contributed by atoms with Gasteiger partial charge in [0.2, 0.25) is 11.8 Å². The Hall–Kier alpha value is -3.53. The molecule has 0 saturated heterocycles. The fourth-order valence-corrected chi connectivity index (χ4v) is 3.77. The molecule has 0 fully saturated rings. The Kier molecular flexibility index (Phi) is 10.8. The van der Waals surface area contributed by atoms with Crippen LogP contribution >= 0.6 is 11.8 Å². The van der Waals surface area contributed by atoms with Crippen LogP contribution in [-0.2, 0) is 36.2 Å². The first-order valence-corrected chi connectivity index (χ1v) is 11.3. The van der Waals surface area contributed by atoms with Gasteiger partial charge in [0.05, 0.1) is 13.5 Å². The smallest absolute Gasteiger partial charge is 0.408 e. The van der Waals surface area contributed by atoms with Crippen molar-refractivity contribution in [3.8, 4) is 0 Å². The zero-order valence-corrected chi connectivity index (χ0v) is 19.0. The number of ether oxygens (including phenoxy) is 2. The lowest BCUT2D eigenvalue weighted by atomic mass is 10.1. The van der Waals surface area contributed by atoms with Gasteiger partial charge < -0.3 is 25.8 Å². The fourth-order valence-electron chi connectivity index (χ4n) is 2.77. The van der Waals surface area contributed by atoms with Crippen molar-refractivity contribution in [3.63, 3.8) is 0 Å². The minimum absolute atomic E-state index is 0.0154. The quantitative estimate of drug-likeness (QED) is 0.399. The number of benzene rings is 2. The van der Waals surface area contributed by atoms with Crippen LogP contribution in [0.15, 0.2) is 60.7 Å². The second kappa shape index (κ2) is 13.8. The van der Waals surface area contributed by atoms with Gasteiger partial charge in [0.15, 0.2) is 0 Å². The molecule has 2 atom stereocenters. The molecule has 2 aromatic rings. The van der Waals surface area contributed by atoms with E-state index in [2.05, 4.69) is 10.6 Å². The molecule has 0 aliphatic heterocycles. The Morgan fingerprint density at radius 3 is 2.09 bits per heavy atom. The number of hydrogen-bond donors (Lipinski definition) is 3. The molecule has 0 saturated carbocycles. The van der Waals surface area contributed by atoms with Crippen LogP contribution in [0.3, 0.4) is 0 Å². The first kappa shape index (κ1) is 25.7. The number of alkyl carbamates (subject to hydrolysis) is 1. The monoisotopic (exact) mass is 473 g/mol. The predicted octanol–water partition coefficient (Wildman–Crippen LogP) is 1.75. The molecule has 10 heteroatoms. The van der Waals surface area contributed by atoms with Gasteiger partial charge in [-0.2, -0.15) is 11.8 Å². The number of nitrogens with two attached hydrogens (primary N) is 1. The third kappa shape index (κ3) is 9.65. The van der Waals surface area contributed by atoms with Crippen molar-refractivity contribution in [3.05, 3.63) is 71.8 Å². The number of methoxy groups -OCH3 is 1. The number of hydrogen-bond acceptors (Lipinski definition) is 7. The highest BCUT2D eigenvalue weighted by molar-refractivity contribution is 7.98. The van der Waals surface area contributed by atoms with Crippen molar-refractivity contribution in [1.82, 2.24) is 10.6 Å². The molecule has 0 bridgehead atoms. The summed E-state index contributed by atoms with van der Waals surface area (Å²) in [6, 6.07) is 16.3. The van der Waals surface area contributed by atoms with E-state index in [9.17, 15) is 19.2 Å². The van der Waals surface area contributed by atoms with E-state index in [4.69, 9.17) is 15.2 Å². The van der Waals surface area contributed by atoms with Crippen LogP contribution in [0.2, 0.25) is 0 Å². The first-order valence-electron chi connectivity index (χ1n) is 10.1. The third-order valence-electron chi connectivity index (χ3n) is 4.42. The SMILES string of the molecule is COC(=O)[C@@H](CSCc1ccccc1)NC(=O)[C@H](CC(N)=O)NC(=O)OCc1ccccc1. The Balaban J connectivity index is 1.94. The van der Waals surface area contributed by atoms with Crippen LogP contribution in [0.1, 0.15) is 17.5 Å². The summed E-state index contributed by atoms with van der Waals surface area (Å²) in [6.07, 6.45) is -1.36. The number of rotatable bonds is 12. The summed E-state index contributed by atoms with van der Waals surface area (Å²) in [5.74, 6) is -1.34. The number of nitrogens with one attached hydrogen (secondary N) is 2. The molecule has 3 amide bonds. The molecule has 2 rings (SSSR count). The van der Waals surface area contributed by atoms with Gasteiger partial charge in [0.1, 0.15) is 18.7 Å². The predicted molar refractivity (Wildman–Crippen MR) is 124 cm³/mol. The summed E-state index contributed by atoms with van der Waals surface area (Å²) in [7, 11) is 1.21. The minimum Gasteiger partial charge on any atom is -0.467 e. The summed E-state index contributed by atoms with van der Waals surface area (Å²) < 4.78 is 9.87. The van der Waals surface area contributed by atoms with Gasteiger partial charge in [-0.1, -0.05) is 60.7 Å². The molecule has 0 spiro atoms. The molecule has 9 nitrogen and oxygen atoms in total. The molecule has 0 radical (unpaired) electrons. The maximum atomic E-state index is 12.7. The van der Waals surface area contributed by atoms with E-state index < -0.39 is 42.4 Å². The average Bonchev–Trinajstić information content (AvgIpc) is 2.82. The number of esters is 1. The maximum Gasteiger partial charge on any atom is 0.408 e. The van der Waals surface area contributed by atoms with Crippen molar-refractivity contribution in [2.45, 2.75) is 30.9 Å². The Bertz CT molecular complexity index is 926. The van der Waals surface area contributed by atoms with Crippen molar-refractivity contribution in [2.75, 3.05) is 12.9 Å². The molecule has 0 heterocycles. The summed E-state index contributed by atoms with van der Waals surface area (Å²) in [5, 5.41) is 4.86. The highest BCUT2D eigenvalue weighted by atomic mass is 32.2. The van der Waals surface area contributed by atoms with E-state index in [1.54, 1.807) is 24.3 Å². The summed E-state index contributed by atoms with van der Waals surface area (Å²) in [4.78, 5) is 48.5. The summed E-state index contributed by atoms with van der Waals surface area (Å²) in [6.45, 7) is -0.0154. The van der Waals surface area contributed by atoms with Gasteiger partial charge in [0.25, 0.3) is 0 Å². The van der Waals surface area contributed by atoms with E-state index in [1.807, 2.05) is 36.4 Å². The van der Waals surface area contributed by atoms with E-state index in [0.717, 1.165) is 11.1 Å². The van der Waals surface area contributed by atoms with Gasteiger partial charge in [-0.05, 0) is 11.1 Å². The zero-order valence-electron chi connectivity index (χ0n) is 18.2. The molecule has 2 aromatic carbocycles. The molecule has 4 N–H and O–H groups in total. The molecule has 33 heavy (non-hydrogen) atoms. The normalized spacial score (nSPS) is 12.2. The molecule has 0 aromatic heterocycles. The maximum absolute atomic E-state index is 12.7. The molecule has 0 aliphatic carbocycles. The van der Waals surface area contributed by atoms with E-state index in [0.29, 0.717) is 5.75 Å². The standard InChI is InChI=1S/C23H27N3O6S/c1-31-22(29)19(15-33-14-17-10-6-3-7-11-17)25-21(28)18(12-20(24)27)26-23(30)32-13-16-8-4-2-5-9-16/h2-11,18-19H,12-15H2,1H3,(H2,24,27)(H,25,28)(H,26,30)/t18-,19+/m0/s1. The van der Waals surface area contributed by atoms with Crippen LogP contribution < -0.4 is 16.4 Å². The largest absolute Gasteiger partial charge is 0.467 e. The fraction of sp³-hybridized carbons (Fsp3) is 0.304. The van der Waals surface area contributed by atoms with Crippen molar-refractivity contribution >= 4 is 35.6 Å². The van der Waals surface area contributed by atoms with E-state index in [1.165, 1.54) is 18.9 Å². The third-order valence-corrected chi connectivity index (χ3v) is 5.53. The zero-order chi connectivity index (χ0) is 24.1. The van der Waals surface area contributed by atoms with Gasteiger partial charge in [-0.15, -0.1) is 0 Å². The van der Waals surface area contributed by atoms with Crippen LogP contribution in [0.4, 0.5) is 4.79 Å². The topological polar surface area (TPSA) is 137 Å². The second-order valence-electron chi connectivity index (χ2n) is 7.01. The lowest BCUT2D eigenvalue weighted by molar-refractivity contribution is -0.144. The van der Waals surface area contributed by atoms with Crippen LogP contribution in [0.25, 0.3) is 0 Å². The van der Waals surface area contributed by atoms with Gasteiger partial charge in [-0.3, -0.25) is 9.59 Å².